The lowest BCUT2D eigenvalue weighted by Crippen LogP contribution is -2.49. The predicted octanol–water partition coefficient (Wildman–Crippen LogP) is 3.29. The van der Waals surface area contributed by atoms with Gasteiger partial charge in [-0.05, 0) is 53.9 Å². The molecule has 1 heterocycles. The van der Waals surface area contributed by atoms with Crippen LogP contribution < -0.4 is 0 Å². The van der Waals surface area contributed by atoms with E-state index in [9.17, 15) is 8.42 Å². The lowest BCUT2D eigenvalue weighted by atomic mass is 9.96. The van der Waals surface area contributed by atoms with Crippen molar-refractivity contribution in [1.29, 1.82) is 0 Å². The number of hydrogen-bond acceptors (Lipinski definition) is 3. The molecular weight excluding hydrogens is 366 g/mol. The molecule has 1 unspecified atom stereocenters. The van der Waals surface area contributed by atoms with E-state index in [0.717, 1.165) is 12.8 Å². The zero-order valence-corrected chi connectivity index (χ0v) is 14.6. The highest BCUT2D eigenvalue weighted by molar-refractivity contribution is 9.10. The normalized spacial score (nSPS) is 24.8. The maximum Gasteiger partial charge on any atom is 0.243 e. The summed E-state index contributed by atoms with van der Waals surface area (Å²) in [6.07, 6.45) is 1.65. The highest BCUT2D eigenvalue weighted by Gasteiger charge is 2.37. The average Bonchev–Trinajstić information content (AvgIpc) is 2.42. The average molecular weight is 383 g/mol. The molecule has 4 nitrogen and oxygen atoms in total. The smallest absolute Gasteiger partial charge is 0.243 e. The molecule has 0 amide bonds. The number of piperidine rings is 1. The van der Waals surface area contributed by atoms with E-state index in [0.29, 0.717) is 22.6 Å². The van der Waals surface area contributed by atoms with Gasteiger partial charge in [-0.1, -0.05) is 11.6 Å². The van der Waals surface area contributed by atoms with Crippen LogP contribution in [0.25, 0.3) is 0 Å². The van der Waals surface area contributed by atoms with Crippen molar-refractivity contribution >= 4 is 37.6 Å². The summed E-state index contributed by atoms with van der Waals surface area (Å²) < 4.78 is 32.8. The van der Waals surface area contributed by atoms with E-state index in [2.05, 4.69) is 15.9 Å². The van der Waals surface area contributed by atoms with Gasteiger partial charge in [0, 0.05) is 24.7 Å². The number of benzene rings is 1. The molecule has 1 atom stereocenters. The van der Waals surface area contributed by atoms with Gasteiger partial charge in [0.25, 0.3) is 0 Å². The van der Waals surface area contributed by atoms with E-state index < -0.39 is 15.6 Å². The SMILES string of the molecule is COC1(C)CCCN(S(=O)(=O)c2ccc(Cl)c(Br)c2)C1. The number of rotatable bonds is 3. The first-order valence-corrected chi connectivity index (χ1v) is 8.90. The predicted molar refractivity (Wildman–Crippen MR) is 82.6 cm³/mol. The Morgan fingerprint density at radius 2 is 2.15 bits per heavy atom. The zero-order valence-electron chi connectivity index (χ0n) is 11.4. The maximum absolute atomic E-state index is 12.7. The second-order valence-electron chi connectivity index (χ2n) is 5.17. The first kappa shape index (κ1) is 16.2. The molecule has 1 aliphatic rings. The van der Waals surface area contributed by atoms with Gasteiger partial charge in [-0.15, -0.1) is 0 Å². The van der Waals surface area contributed by atoms with Crippen molar-refractivity contribution in [3.05, 3.63) is 27.7 Å². The van der Waals surface area contributed by atoms with Crippen LogP contribution >= 0.6 is 27.5 Å². The van der Waals surface area contributed by atoms with Gasteiger partial charge in [0.1, 0.15) is 0 Å². The van der Waals surface area contributed by atoms with E-state index in [4.69, 9.17) is 16.3 Å². The van der Waals surface area contributed by atoms with Gasteiger partial charge in [-0.3, -0.25) is 0 Å². The molecule has 0 radical (unpaired) electrons. The van der Waals surface area contributed by atoms with Crippen LogP contribution in [0.4, 0.5) is 0 Å². The summed E-state index contributed by atoms with van der Waals surface area (Å²) in [6.45, 7) is 2.82. The summed E-state index contributed by atoms with van der Waals surface area (Å²) in [7, 11) is -1.90. The van der Waals surface area contributed by atoms with E-state index >= 15 is 0 Å². The van der Waals surface area contributed by atoms with Crippen LogP contribution in [-0.4, -0.2) is 38.5 Å². The number of halogens is 2. The molecule has 0 saturated carbocycles. The third-order valence-corrected chi connectivity index (χ3v) is 6.70. The molecule has 0 aliphatic carbocycles. The molecule has 112 valence electrons. The Labute approximate surface area is 133 Å². The summed E-state index contributed by atoms with van der Waals surface area (Å²) in [5.74, 6) is 0. The summed E-state index contributed by atoms with van der Waals surface area (Å²) in [6, 6.07) is 4.65. The quantitative estimate of drug-likeness (QED) is 0.806. The van der Waals surface area contributed by atoms with Crippen LogP contribution in [0, 0.1) is 0 Å². The molecule has 0 aromatic heterocycles. The van der Waals surface area contributed by atoms with Gasteiger partial charge >= 0.3 is 0 Å². The Morgan fingerprint density at radius 3 is 2.75 bits per heavy atom. The minimum atomic E-state index is -3.52. The van der Waals surface area contributed by atoms with Crippen LogP contribution in [0.5, 0.6) is 0 Å². The van der Waals surface area contributed by atoms with Gasteiger partial charge in [-0.25, -0.2) is 8.42 Å². The van der Waals surface area contributed by atoms with Crippen LogP contribution in [0.15, 0.2) is 27.6 Å². The zero-order chi connectivity index (χ0) is 15.0. The fraction of sp³-hybridized carbons (Fsp3) is 0.538. The van der Waals surface area contributed by atoms with Crippen LogP contribution in [0.3, 0.4) is 0 Å². The van der Waals surface area contributed by atoms with E-state index in [1.807, 2.05) is 6.92 Å². The molecule has 1 aliphatic heterocycles. The largest absolute Gasteiger partial charge is 0.377 e. The summed E-state index contributed by atoms with van der Waals surface area (Å²) >= 11 is 9.17. The minimum Gasteiger partial charge on any atom is -0.377 e. The third kappa shape index (κ3) is 3.20. The van der Waals surface area contributed by atoms with Crippen molar-refractivity contribution in [2.24, 2.45) is 0 Å². The Kier molecular flexibility index (Phi) is 4.81. The molecule has 0 spiro atoms. The van der Waals surface area contributed by atoms with Crippen molar-refractivity contribution in [3.63, 3.8) is 0 Å². The fourth-order valence-electron chi connectivity index (χ4n) is 2.32. The summed E-state index contributed by atoms with van der Waals surface area (Å²) in [5.41, 5.74) is -0.422. The van der Waals surface area contributed by atoms with E-state index in [1.54, 1.807) is 13.2 Å². The molecule has 1 aromatic carbocycles. The molecule has 7 heteroatoms. The molecular formula is C13H17BrClNO3S. The highest BCUT2D eigenvalue weighted by Crippen LogP contribution is 2.31. The van der Waals surface area contributed by atoms with Gasteiger partial charge < -0.3 is 4.74 Å². The van der Waals surface area contributed by atoms with Crippen LogP contribution in [0.1, 0.15) is 19.8 Å². The van der Waals surface area contributed by atoms with Crippen molar-refractivity contribution in [3.8, 4) is 0 Å². The second-order valence-corrected chi connectivity index (χ2v) is 8.37. The lowest BCUT2D eigenvalue weighted by molar-refractivity contribution is -0.0319. The Morgan fingerprint density at radius 1 is 1.45 bits per heavy atom. The Bertz CT molecular complexity index is 608. The minimum absolute atomic E-state index is 0.245. The summed E-state index contributed by atoms with van der Waals surface area (Å²) in [4.78, 5) is 0.245. The third-order valence-electron chi connectivity index (χ3n) is 3.65. The molecule has 1 fully saturated rings. The number of sulfonamides is 1. The van der Waals surface area contributed by atoms with E-state index in [-0.39, 0.29) is 4.90 Å². The second kappa shape index (κ2) is 5.93. The van der Waals surface area contributed by atoms with Crippen molar-refractivity contribution in [2.75, 3.05) is 20.2 Å². The monoisotopic (exact) mass is 381 g/mol. The first-order chi connectivity index (χ1) is 9.28. The van der Waals surface area contributed by atoms with Crippen LogP contribution in [0.2, 0.25) is 5.02 Å². The number of methoxy groups -OCH3 is 1. The highest BCUT2D eigenvalue weighted by atomic mass is 79.9. The van der Waals surface area contributed by atoms with Gasteiger partial charge in [0.2, 0.25) is 10.0 Å². The van der Waals surface area contributed by atoms with Gasteiger partial charge in [0.05, 0.1) is 15.5 Å². The fourth-order valence-corrected chi connectivity index (χ4v) is 4.58. The van der Waals surface area contributed by atoms with E-state index in [1.165, 1.54) is 16.4 Å². The number of ether oxygens (including phenoxy) is 1. The van der Waals surface area contributed by atoms with Crippen molar-refractivity contribution in [2.45, 2.75) is 30.3 Å². The number of nitrogens with zero attached hydrogens (tertiary/aromatic N) is 1. The Hall–Kier alpha value is -0.140. The van der Waals surface area contributed by atoms with Crippen molar-refractivity contribution < 1.29 is 13.2 Å². The molecule has 20 heavy (non-hydrogen) atoms. The molecule has 1 saturated heterocycles. The number of hydrogen-bond donors (Lipinski definition) is 0. The summed E-state index contributed by atoms with van der Waals surface area (Å²) in [5, 5.41) is 0.490. The van der Waals surface area contributed by atoms with Crippen LogP contribution in [-0.2, 0) is 14.8 Å². The standard InChI is InChI=1S/C13H17BrClNO3S/c1-13(19-2)6-3-7-16(9-13)20(17,18)10-4-5-12(15)11(14)8-10/h4-5,8H,3,6-7,9H2,1-2H3. The molecule has 0 N–H and O–H groups in total. The molecule has 1 aromatic rings. The lowest BCUT2D eigenvalue weighted by Gasteiger charge is -2.38. The maximum atomic E-state index is 12.7. The topological polar surface area (TPSA) is 46.6 Å². The molecule has 2 rings (SSSR count). The van der Waals surface area contributed by atoms with Gasteiger partial charge in [-0.2, -0.15) is 4.31 Å². The van der Waals surface area contributed by atoms with Gasteiger partial charge in [0.15, 0.2) is 0 Å². The first-order valence-electron chi connectivity index (χ1n) is 6.29. The Balaban J connectivity index is 2.32. The molecule has 0 bridgehead atoms. The van der Waals surface area contributed by atoms with Crippen molar-refractivity contribution in [1.82, 2.24) is 4.31 Å².